The first-order valence-corrected chi connectivity index (χ1v) is 5.98. The molecule has 7 heteroatoms. The Morgan fingerprint density at radius 3 is 2.67 bits per heavy atom. The summed E-state index contributed by atoms with van der Waals surface area (Å²) in [6.45, 7) is 0. The fraction of sp³-hybridized carbons (Fsp3) is 0. The van der Waals surface area contributed by atoms with Crippen LogP contribution in [0, 0.1) is 11.6 Å². The minimum Gasteiger partial charge on any atom is -0.381 e. The fourth-order valence-corrected chi connectivity index (χ4v) is 1.82. The van der Waals surface area contributed by atoms with Crippen LogP contribution in [0.2, 0.25) is 5.02 Å². The third-order valence-electron chi connectivity index (χ3n) is 2.14. The summed E-state index contributed by atoms with van der Waals surface area (Å²) >= 11 is 9.19. The molecule has 0 radical (unpaired) electrons. The van der Waals surface area contributed by atoms with Gasteiger partial charge >= 0.3 is 0 Å². The molecule has 0 aliphatic rings. The highest BCUT2D eigenvalue weighted by Crippen LogP contribution is 2.29. The minimum absolute atomic E-state index is 0.186. The lowest BCUT2D eigenvalue weighted by Crippen LogP contribution is -2.03. The van der Waals surface area contributed by atoms with Gasteiger partial charge in [-0.05, 0) is 18.2 Å². The molecule has 0 atom stereocenters. The van der Waals surface area contributed by atoms with Gasteiger partial charge in [-0.15, -0.1) is 0 Å². The molecule has 0 saturated heterocycles. The fourth-order valence-electron chi connectivity index (χ4n) is 1.29. The molecule has 94 valence electrons. The summed E-state index contributed by atoms with van der Waals surface area (Å²) in [5.41, 5.74) is 5.71. The second-order valence-electron chi connectivity index (χ2n) is 3.44. The van der Waals surface area contributed by atoms with E-state index in [4.69, 9.17) is 17.3 Å². The smallest absolute Gasteiger partial charge is 0.169 e. The van der Waals surface area contributed by atoms with E-state index in [9.17, 15) is 8.78 Å². The number of benzene rings is 1. The Labute approximate surface area is 115 Å². The Morgan fingerprint density at radius 2 is 1.94 bits per heavy atom. The maximum atomic E-state index is 13.5. The predicted molar refractivity (Wildman–Crippen MR) is 71.0 cm³/mol. The Morgan fingerprint density at radius 1 is 1.22 bits per heavy atom. The molecule has 0 saturated carbocycles. The Balaban J connectivity index is 2.40. The van der Waals surface area contributed by atoms with Crippen LogP contribution in [0.3, 0.4) is 0 Å². The molecule has 1 aromatic heterocycles. The number of halogens is 4. The van der Waals surface area contributed by atoms with Crippen molar-refractivity contribution in [1.82, 2.24) is 4.98 Å². The third-order valence-corrected chi connectivity index (χ3v) is 2.96. The Hall–Kier alpha value is -1.40. The molecule has 0 aliphatic heterocycles. The normalized spacial score (nSPS) is 10.4. The molecule has 1 aromatic carbocycles. The molecule has 0 unspecified atom stereocenters. The largest absolute Gasteiger partial charge is 0.381 e. The quantitative estimate of drug-likeness (QED) is 0.869. The van der Waals surface area contributed by atoms with Crippen LogP contribution in [-0.2, 0) is 0 Å². The van der Waals surface area contributed by atoms with Crippen LogP contribution in [0.5, 0.6) is 0 Å². The van der Waals surface area contributed by atoms with Crippen molar-refractivity contribution in [2.24, 2.45) is 0 Å². The van der Waals surface area contributed by atoms with E-state index in [2.05, 4.69) is 26.2 Å². The van der Waals surface area contributed by atoms with Crippen molar-refractivity contribution in [3.63, 3.8) is 0 Å². The molecule has 18 heavy (non-hydrogen) atoms. The number of nitrogens with zero attached hydrogens (tertiary/aromatic N) is 1. The van der Waals surface area contributed by atoms with Gasteiger partial charge in [0.25, 0.3) is 0 Å². The number of hydrogen-bond donors (Lipinski definition) is 2. The lowest BCUT2D eigenvalue weighted by molar-refractivity contribution is 0.581. The topological polar surface area (TPSA) is 50.9 Å². The van der Waals surface area contributed by atoms with E-state index in [1.807, 2.05) is 0 Å². The van der Waals surface area contributed by atoms with Crippen LogP contribution < -0.4 is 11.1 Å². The maximum Gasteiger partial charge on any atom is 0.169 e. The standard InChI is InChI=1S/C11H7BrClF2N3/c12-5-1-2-6(13)9(3-5)17-11-8(15)4-7(14)10(16)18-11/h1-4H,(H3,16,17,18). The van der Waals surface area contributed by atoms with Crippen LogP contribution in [0.15, 0.2) is 28.7 Å². The highest BCUT2D eigenvalue weighted by Gasteiger charge is 2.11. The first-order chi connectivity index (χ1) is 8.47. The number of rotatable bonds is 2. The molecule has 3 N–H and O–H groups in total. The number of pyridine rings is 1. The number of anilines is 3. The monoisotopic (exact) mass is 333 g/mol. The van der Waals surface area contributed by atoms with Crippen molar-refractivity contribution < 1.29 is 8.78 Å². The van der Waals surface area contributed by atoms with Gasteiger partial charge in [0.1, 0.15) is 0 Å². The van der Waals surface area contributed by atoms with Gasteiger partial charge < -0.3 is 11.1 Å². The number of nitrogens with one attached hydrogen (secondary N) is 1. The molecular weight excluding hydrogens is 327 g/mol. The van der Waals surface area contributed by atoms with Gasteiger partial charge in [-0.25, -0.2) is 13.8 Å². The molecular formula is C11H7BrClF2N3. The average molecular weight is 335 g/mol. The number of nitrogens with two attached hydrogens (primary N) is 1. The Kier molecular flexibility index (Phi) is 3.68. The van der Waals surface area contributed by atoms with Gasteiger partial charge in [-0.3, -0.25) is 0 Å². The molecule has 2 rings (SSSR count). The van der Waals surface area contributed by atoms with Crippen molar-refractivity contribution >= 4 is 44.9 Å². The lowest BCUT2D eigenvalue weighted by Gasteiger charge is -2.09. The zero-order valence-corrected chi connectivity index (χ0v) is 11.2. The predicted octanol–water partition coefficient (Wildman–Crippen LogP) is 4.10. The van der Waals surface area contributed by atoms with E-state index in [0.717, 1.165) is 4.47 Å². The zero-order chi connectivity index (χ0) is 13.3. The van der Waals surface area contributed by atoms with E-state index < -0.39 is 11.6 Å². The average Bonchev–Trinajstić information content (AvgIpc) is 2.30. The van der Waals surface area contributed by atoms with Crippen LogP contribution in [0.4, 0.5) is 26.1 Å². The highest BCUT2D eigenvalue weighted by atomic mass is 79.9. The maximum absolute atomic E-state index is 13.5. The Bertz CT molecular complexity index is 607. The SMILES string of the molecule is Nc1nc(Nc2cc(Br)ccc2Cl)c(F)cc1F. The second-order valence-corrected chi connectivity index (χ2v) is 4.76. The molecule has 3 nitrogen and oxygen atoms in total. The molecule has 0 spiro atoms. The van der Waals surface area contributed by atoms with Gasteiger partial charge in [0.05, 0.1) is 10.7 Å². The molecule has 0 aliphatic carbocycles. The van der Waals surface area contributed by atoms with Crippen molar-refractivity contribution in [1.29, 1.82) is 0 Å². The first kappa shape index (κ1) is 13.0. The van der Waals surface area contributed by atoms with Crippen LogP contribution in [0.1, 0.15) is 0 Å². The van der Waals surface area contributed by atoms with Gasteiger partial charge in [-0.1, -0.05) is 27.5 Å². The summed E-state index contributed by atoms with van der Waals surface area (Å²) in [5.74, 6) is -2.32. The van der Waals surface area contributed by atoms with E-state index in [0.29, 0.717) is 16.8 Å². The van der Waals surface area contributed by atoms with Gasteiger partial charge in [0, 0.05) is 10.5 Å². The van der Waals surface area contributed by atoms with Gasteiger partial charge in [0.2, 0.25) is 0 Å². The molecule has 0 amide bonds. The lowest BCUT2D eigenvalue weighted by atomic mass is 10.3. The molecule has 1 heterocycles. The summed E-state index contributed by atoms with van der Waals surface area (Å²) in [6, 6.07) is 5.66. The van der Waals surface area contributed by atoms with Crippen LogP contribution in [-0.4, -0.2) is 4.98 Å². The summed E-state index contributed by atoms with van der Waals surface area (Å²) in [5, 5.41) is 3.03. The summed E-state index contributed by atoms with van der Waals surface area (Å²) in [7, 11) is 0. The van der Waals surface area contributed by atoms with Crippen molar-refractivity contribution in [2.75, 3.05) is 11.1 Å². The van der Waals surface area contributed by atoms with Crippen molar-refractivity contribution in [2.45, 2.75) is 0 Å². The van der Waals surface area contributed by atoms with E-state index in [1.54, 1.807) is 18.2 Å². The third kappa shape index (κ3) is 2.70. The highest BCUT2D eigenvalue weighted by molar-refractivity contribution is 9.10. The van der Waals surface area contributed by atoms with E-state index >= 15 is 0 Å². The molecule has 0 fully saturated rings. The van der Waals surface area contributed by atoms with Gasteiger partial charge in [-0.2, -0.15) is 0 Å². The van der Waals surface area contributed by atoms with E-state index in [1.165, 1.54) is 0 Å². The number of nitrogen functional groups attached to an aromatic ring is 1. The molecule has 0 bridgehead atoms. The summed E-state index contributed by atoms with van der Waals surface area (Å²) in [4.78, 5) is 3.58. The van der Waals surface area contributed by atoms with Gasteiger partial charge in [0.15, 0.2) is 23.3 Å². The van der Waals surface area contributed by atoms with Crippen LogP contribution in [0.25, 0.3) is 0 Å². The minimum atomic E-state index is -0.904. The molecule has 2 aromatic rings. The second kappa shape index (κ2) is 5.07. The summed E-state index contributed by atoms with van der Waals surface area (Å²) < 4.78 is 27.2. The first-order valence-electron chi connectivity index (χ1n) is 4.81. The number of hydrogen-bond acceptors (Lipinski definition) is 3. The van der Waals surface area contributed by atoms with Crippen molar-refractivity contribution in [3.05, 3.63) is 45.4 Å². The summed E-state index contributed by atoms with van der Waals surface area (Å²) in [6.07, 6.45) is 0. The van der Waals surface area contributed by atoms with E-state index in [-0.39, 0.29) is 11.6 Å². The van der Waals surface area contributed by atoms with Crippen LogP contribution >= 0.6 is 27.5 Å². The van der Waals surface area contributed by atoms with Crippen molar-refractivity contribution in [3.8, 4) is 0 Å². The number of aromatic nitrogens is 1. The zero-order valence-electron chi connectivity index (χ0n) is 8.85.